The number of ether oxygens (including phenoxy) is 2. The second-order valence-corrected chi connectivity index (χ2v) is 9.29. The number of aromatic nitrogens is 1. The van der Waals surface area contributed by atoms with Crippen molar-refractivity contribution in [2.45, 2.75) is 63.6 Å². The molecule has 1 fully saturated rings. The number of amides is 1. The van der Waals surface area contributed by atoms with Crippen LogP contribution in [0.1, 0.15) is 54.2 Å². The molecule has 14 nitrogen and oxygen atoms in total. The molecule has 1 aliphatic heterocycles. The highest BCUT2D eigenvalue weighted by Crippen LogP contribution is 2.41. The van der Waals surface area contributed by atoms with Crippen LogP contribution in [-0.2, 0) is 30.6 Å². The SMILES string of the molecule is Cc1ncc2c(c1OC(=O)CCC(=O)N[C@@H]1C[C@H](ON(O)O)[C@H](ON(O)O)C1)COC2c1ccc(Cl)cc1. The van der Waals surface area contributed by atoms with Gasteiger partial charge in [-0.25, -0.2) is 9.68 Å². The van der Waals surface area contributed by atoms with E-state index in [4.69, 9.17) is 51.6 Å². The van der Waals surface area contributed by atoms with Crippen molar-refractivity contribution in [2.75, 3.05) is 0 Å². The van der Waals surface area contributed by atoms with E-state index in [2.05, 4.69) is 10.3 Å². The minimum Gasteiger partial charge on any atom is -0.424 e. The highest BCUT2D eigenvalue weighted by molar-refractivity contribution is 6.30. The van der Waals surface area contributed by atoms with Gasteiger partial charge in [-0.2, -0.15) is 0 Å². The summed E-state index contributed by atoms with van der Waals surface area (Å²) in [6.45, 7) is 1.93. The van der Waals surface area contributed by atoms with Gasteiger partial charge in [0.1, 0.15) is 18.3 Å². The Morgan fingerprint density at radius 3 is 2.32 bits per heavy atom. The number of pyridine rings is 1. The number of nitrogens with zero attached hydrogens (tertiary/aromatic N) is 3. The van der Waals surface area contributed by atoms with Gasteiger partial charge in [0.2, 0.25) is 5.91 Å². The van der Waals surface area contributed by atoms with Gasteiger partial charge in [0.25, 0.3) is 0 Å². The van der Waals surface area contributed by atoms with Crippen LogP contribution < -0.4 is 10.1 Å². The molecule has 15 heteroatoms. The van der Waals surface area contributed by atoms with E-state index in [0.717, 1.165) is 11.1 Å². The zero-order valence-electron chi connectivity index (χ0n) is 20.2. The van der Waals surface area contributed by atoms with Crippen LogP contribution >= 0.6 is 11.6 Å². The van der Waals surface area contributed by atoms with Crippen molar-refractivity contribution in [1.29, 1.82) is 0 Å². The number of fused-ring (bicyclic) bond motifs is 1. The van der Waals surface area contributed by atoms with Gasteiger partial charge in [0, 0.05) is 34.8 Å². The minimum atomic E-state index is -1.00. The zero-order chi connectivity index (χ0) is 27.4. The molecule has 5 N–H and O–H groups in total. The lowest BCUT2D eigenvalue weighted by Gasteiger charge is -2.20. The zero-order valence-corrected chi connectivity index (χ0v) is 20.9. The smallest absolute Gasteiger partial charge is 0.311 e. The second-order valence-electron chi connectivity index (χ2n) is 8.85. The second kappa shape index (κ2) is 12.4. The topological polar surface area (TPSA) is 183 Å². The van der Waals surface area contributed by atoms with E-state index < -0.39 is 40.9 Å². The lowest BCUT2D eigenvalue weighted by Crippen LogP contribution is -2.35. The fraction of sp³-hybridized carbons (Fsp3) is 0.435. The molecule has 1 aromatic heterocycles. The van der Waals surface area contributed by atoms with Gasteiger partial charge in [-0.3, -0.25) is 35.4 Å². The maximum absolute atomic E-state index is 12.6. The summed E-state index contributed by atoms with van der Waals surface area (Å²) in [6, 6.07) is 6.68. The number of rotatable bonds is 10. The molecule has 2 aromatic rings. The molecule has 2 aliphatic rings. The molecular formula is C23H27ClN4O10. The summed E-state index contributed by atoms with van der Waals surface area (Å²) in [6.07, 6.45) is -0.950. The monoisotopic (exact) mass is 554 g/mol. The van der Waals surface area contributed by atoms with Gasteiger partial charge < -0.3 is 14.8 Å². The first-order chi connectivity index (χ1) is 18.1. The number of hydrogen-bond acceptors (Lipinski definition) is 13. The molecule has 1 saturated carbocycles. The molecule has 1 aliphatic carbocycles. The Balaban J connectivity index is 1.32. The molecule has 2 heterocycles. The van der Waals surface area contributed by atoms with Crippen LogP contribution in [0.4, 0.5) is 0 Å². The molecule has 0 radical (unpaired) electrons. The molecule has 1 unspecified atom stereocenters. The summed E-state index contributed by atoms with van der Waals surface area (Å²) in [5, 5.41) is 37.7. The van der Waals surface area contributed by atoms with Gasteiger partial charge in [0.05, 0.1) is 29.5 Å². The van der Waals surface area contributed by atoms with Gasteiger partial charge in [-0.1, -0.05) is 23.7 Å². The van der Waals surface area contributed by atoms with E-state index in [9.17, 15) is 9.59 Å². The summed E-state index contributed by atoms with van der Waals surface area (Å²) >= 11 is 5.98. The quantitative estimate of drug-likeness (QED) is 0.213. The lowest BCUT2D eigenvalue weighted by molar-refractivity contribution is -0.535. The van der Waals surface area contributed by atoms with Crippen LogP contribution in [0.25, 0.3) is 0 Å². The number of halogens is 1. The predicted octanol–water partition coefficient (Wildman–Crippen LogP) is 2.39. The van der Waals surface area contributed by atoms with E-state index >= 15 is 0 Å². The van der Waals surface area contributed by atoms with Crippen LogP contribution in [0.15, 0.2) is 30.5 Å². The molecule has 4 atom stereocenters. The van der Waals surface area contributed by atoms with Gasteiger partial charge in [-0.15, -0.1) is 0 Å². The Morgan fingerprint density at radius 1 is 1.08 bits per heavy atom. The Kier molecular flexibility index (Phi) is 9.22. The summed E-state index contributed by atoms with van der Waals surface area (Å²) in [5.41, 5.74) is 2.88. The molecule has 1 aromatic carbocycles. The highest BCUT2D eigenvalue weighted by Gasteiger charge is 2.39. The molecule has 0 bridgehead atoms. The van der Waals surface area contributed by atoms with Gasteiger partial charge in [0.15, 0.2) is 5.75 Å². The number of carbonyl (C=O) groups is 2. The van der Waals surface area contributed by atoms with Crippen molar-refractivity contribution in [3.05, 3.63) is 57.9 Å². The third kappa shape index (κ3) is 7.00. The Bertz CT molecular complexity index is 1130. The average molecular weight is 555 g/mol. The van der Waals surface area contributed by atoms with Crippen LogP contribution in [-0.4, -0.2) is 66.7 Å². The summed E-state index contributed by atoms with van der Waals surface area (Å²) in [7, 11) is 0. The number of nitrogens with one attached hydrogen (secondary N) is 1. The van der Waals surface area contributed by atoms with E-state index in [1.165, 1.54) is 0 Å². The van der Waals surface area contributed by atoms with Crippen LogP contribution in [0.5, 0.6) is 5.75 Å². The summed E-state index contributed by atoms with van der Waals surface area (Å²) in [4.78, 5) is 38.8. The van der Waals surface area contributed by atoms with Crippen molar-refractivity contribution in [3.63, 3.8) is 0 Å². The Morgan fingerprint density at radius 2 is 1.71 bits per heavy atom. The lowest BCUT2D eigenvalue weighted by atomic mass is 10.0. The molecule has 206 valence electrons. The summed E-state index contributed by atoms with van der Waals surface area (Å²) in [5.74, 6) is -0.801. The predicted molar refractivity (Wildman–Crippen MR) is 124 cm³/mol. The van der Waals surface area contributed by atoms with Crippen LogP contribution in [0.2, 0.25) is 5.02 Å². The highest BCUT2D eigenvalue weighted by atomic mass is 35.5. The molecule has 38 heavy (non-hydrogen) atoms. The van der Waals surface area contributed by atoms with E-state index in [1.54, 1.807) is 25.3 Å². The first-order valence-electron chi connectivity index (χ1n) is 11.7. The molecule has 4 rings (SSSR count). The van der Waals surface area contributed by atoms with Crippen molar-refractivity contribution >= 4 is 23.5 Å². The minimum absolute atomic E-state index is 0.0715. The fourth-order valence-corrected chi connectivity index (χ4v) is 4.68. The maximum atomic E-state index is 12.6. The first-order valence-corrected chi connectivity index (χ1v) is 12.0. The number of aryl methyl sites for hydroxylation is 1. The number of esters is 1. The standard InChI is InChI=1S/C23H27ClN4O10/c1-12-22(17-11-35-23(16(17)10-25-12)13-2-4-14(24)5-3-13)36-21(30)7-6-20(29)26-15-8-18(37-27(31)32)19(9-15)38-28(33)34/h2-5,10,15,18-19,23,31-34H,6-9,11H2,1H3,(H,26,29)/t15-,18+,19-,23?. The van der Waals surface area contributed by atoms with Gasteiger partial charge >= 0.3 is 5.97 Å². The van der Waals surface area contributed by atoms with Crippen LogP contribution in [0.3, 0.4) is 0 Å². The Hall–Kier alpha value is -2.76. The van der Waals surface area contributed by atoms with E-state index in [0.29, 0.717) is 22.0 Å². The van der Waals surface area contributed by atoms with Crippen LogP contribution in [0, 0.1) is 6.92 Å². The van der Waals surface area contributed by atoms with Crippen molar-refractivity contribution in [1.82, 2.24) is 21.1 Å². The van der Waals surface area contributed by atoms with Crippen molar-refractivity contribution in [3.8, 4) is 5.75 Å². The molecule has 1 amide bonds. The number of benzene rings is 1. The van der Waals surface area contributed by atoms with Gasteiger partial charge in [-0.05, 0) is 37.5 Å². The molecule has 0 saturated heterocycles. The average Bonchev–Trinajstić information content (AvgIpc) is 3.43. The Labute approximate surface area is 221 Å². The number of hydrogen-bond donors (Lipinski definition) is 5. The molecule has 0 spiro atoms. The third-order valence-electron chi connectivity index (χ3n) is 6.24. The summed E-state index contributed by atoms with van der Waals surface area (Å²) < 4.78 is 11.5. The van der Waals surface area contributed by atoms with Crippen molar-refractivity contribution in [2.24, 2.45) is 0 Å². The van der Waals surface area contributed by atoms with Crippen molar-refractivity contribution < 1.29 is 49.6 Å². The van der Waals surface area contributed by atoms with E-state index in [1.807, 2.05) is 12.1 Å². The maximum Gasteiger partial charge on any atom is 0.311 e. The third-order valence-corrected chi connectivity index (χ3v) is 6.49. The first kappa shape index (κ1) is 28.3. The largest absolute Gasteiger partial charge is 0.424 e. The normalized spacial score (nSPS) is 22.6. The van der Waals surface area contributed by atoms with E-state index in [-0.39, 0.29) is 38.4 Å². The molecular weight excluding hydrogens is 528 g/mol. The number of carbonyl (C=O) groups excluding carboxylic acids is 2. The fourth-order valence-electron chi connectivity index (χ4n) is 4.56.